The molecule has 4 aromatic carbocycles. The summed E-state index contributed by atoms with van der Waals surface area (Å²) in [7, 11) is -1.45. The van der Waals surface area contributed by atoms with Crippen molar-refractivity contribution in [1.82, 2.24) is 13.9 Å². The van der Waals surface area contributed by atoms with Gasteiger partial charge in [0.2, 0.25) is 31.9 Å². The van der Waals surface area contributed by atoms with Gasteiger partial charge >= 0.3 is 6.09 Å². The summed E-state index contributed by atoms with van der Waals surface area (Å²) in [4.78, 5) is 42.1. The average molecular weight is 1050 g/mol. The first kappa shape index (κ1) is 58.0. The minimum Gasteiger partial charge on any atom is -0.497 e. The molecule has 0 spiro atoms. The molecule has 3 amide bonds. The van der Waals surface area contributed by atoms with Crippen LogP contribution in [0.5, 0.6) is 11.5 Å². The highest BCUT2D eigenvalue weighted by Crippen LogP contribution is 2.30. The summed E-state index contributed by atoms with van der Waals surface area (Å²) in [6, 6.07) is 22.4. The summed E-state index contributed by atoms with van der Waals surface area (Å²) in [5.74, 6) is 0.700. The Hall–Kier alpha value is -5.93. The number of anilines is 4. The molecule has 2 aliphatic heterocycles. The molecule has 4 aromatic rings. The first-order chi connectivity index (χ1) is 34.3. The maximum Gasteiger partial charge on any atom is 0.407 e. The van der Waals surface area contributed by atoms with Crippen molar-refractivity contribution in [2.75, 3.05) is 88.0 Å². The number of nitrogens with zero attached hydrogens (tertiary/aromatic N) is 4. The van der Waals surface area contributed by atoms with Gasteiger partial charge in [0.15, 0.2) is 0 Å². The molecule has 73 heavy (non-hydrogen) atoms. The number of amides is 3. The molecule has 400 valence electrons. The number of nitrogens with one attached hydrogen (secondary N) is 3. The van der Waals surface area contributed by atoms with Crippen LogP contribution in [0.1, 0.15) is 81.5 Å². The minimum atomic E-state index is -3.77. The van der Waals surface area contributed by atoms with E-state index >= 15 is 0 Å². The molecule has 2 saturated heterocycles. The van der Waals surface area contributed by atoms with E-state index in [-0.39, 0.29) is 65.7 Å². The second-order valence-electron chi connectivity index (χ2n) is 19.8. The minimum absolute atomic E-state index is 0.0178. The number of nitrogens with two attached hydrogens (primary N) is 1. The number of piperidine rings is 2. The fourth-order valence-electron chi connectivity index (χ4n) is 8.81. The normalized spacial score (nSPS) is 14.8. The first-order valence-corrected chi connectivity index (χ1v) is 27.5. The summed E-state index contributed by atoms with van der Waals surface area (Å²) in [5.41, 5.74) is 11.3. The van der Waals surface area contributed by atoms with Crippen LogP contribution in [0.15, 0.2) is 82.6 Å². The highest BCUT2D eigenvalue weighted by molar-refractivity contribution is 7.89. The Morgan fingerprint density at radius 3 is 1.29 bits per heavy atom. The van der Waals surface area contributed by atoms with Crippen LogP contribution in [0.4, 0.5) is 27.5 Å². The van der Waals surface area contributed by atoms with Gasteiger partial charge in [-0.2, -0.15) is 0 Å². The molecular weight excluding hydrogens is 973 g/mol. The zero-order valence-electron chi connectivity index (χ0n) is 44.3. The van der Waals surface area contributed by atoms with Gasteiger partial charge in [0, 0.05) is 101 Å². The quantitative estimate of drug-likeness (QED) is 0.0814. The van der Waals surface area contributed by atoms with Gasteiger partial charge < -0.3 is 45.7 Å². The van der Waals surface area contributed by atoms with Gasteiger partial charge in [-0.3, -0.25) is 9.59 Å². The van der Waals surface area contributed by atoms with Crippen LogP contribution >= 0.6 is 0 Å². The van der Waals surface area contributed by atoms with Crippen molar-refractivity contribution >= 4 is 60.7 Å². The molecule has 18 nitrogen and oxygen atoms in total. The first-order valence-electron chi connectivity index (χ1n) is 24.6. The van der Waals surface area contributed by atoms with E-state index < -0.39 is 25.6 Å². The Balaban J connectivity index is 0.000000276. The SMILES string of the molecule is COc1cc(C)c(S(=O)(=O)N(C)CCC(=O)Nc2ccc(N3CCC(N)CC3)cc2)c(C)c1.COc1cc(C)c(S(=O)(=O)N(C)CCC(=O)Nc2ccc(N3CCC(NC(=O)OC(C)(C)C)CC3)cc2)c(C)c1. The van der Waals surface area contributed by atoms with Crippen molar-refractivity contribution in [3.8, 4) is 11.5 Å². The summed E-state index contributed by atoms with van der Waals surface area (Å²) in [6.07, 6.45) is 3.25. The van der Waals surface area contributed by atoms with Gasteiger partial charge in [-0.1, -0.05) is 0 Å². The standard InChI is InChI=1S/C29H42N4O6S.C24H34N4O4S/c1-20-18-25(38-7)19-21(2)27(20)40(36,37)32(6)15-14-26(34)30-22-8-10-24(11-9-22)33-16-12-23(13-17-33)31-28(35)39-29(3,4)5;1-17-15-22(32-4)16-18(2)24(17)33(30,31)27(3)12-11-23(29)26-20-5-7-21(8-6-20)28-13-9-19(25)10-14-28/h8-11,18-19,23H,12-17H2,1-7H3,(H,30,34)(H,31,35);5-8,15-16,19H,9-14,25H2,1-4H3,(H,26,29). The van der Waals surface area contributed by atoms with Gasteiger partial charge in [0.05, 0.1) is 24.0 Å². The number of hydrogen-bond acceptors (Lipinski definition) is 13. The van der Waals surface area contributed by atoms with Crippen LogP contribution in [0.3, 0.4) is 0 Å². The number of aryl methyl sites for hydroxylation is 4. The maximum atomic E-state index is 13.2. The van der Waals surface area contributed by atoms with Crippen LogP contribution in [-0.4, -0.2) is 129 Å². The van der Waals surface area contributed by atoms with Crippen molar-refractivity contribution in [2.24, 2.45) is 5.73 Å². The molecule has 2 fully saturated rings. The number of carbonyl (C=O) groups is 3. The van der Waals surface area contributed by atoms with E-state index in [1.54, 1.807) is 59.1 Å². The average Bonchev–Trinajstić information content (AvgIpc) is 3.32. The largest absolute Gasteiger partial charge is 0.497 e. The van der Waals surface area contributed by atoms with Crippen molar-refractivity contribution < 1.29 is 45.4 Å². The number of rotatable bonds is 17. The molecule has 5 N–H and O–H groups in total. The van der Waals surface area contributed by atoms with Crippen LogP contribution in [-0.2, 0) is 34.4 Å². The molecule has 2 aliphatic rings. The maximum absolute atomic E-state index is 13.2. The van der Waals surface area contributed by atoms with E-state index in [2.05, 4.69) is 25.8 Å². The van der Waals surface area contributed by atoms with Gasteiger partial charge in [-0.15, -0.1) is 0 Å². The lowest BCUT2D eigenvalue weighted by molar-refractivity contribution is -0.117. The molecule has 0 atom stereocenters. The highest BCUT2D eigenvalue weighted by atomic mass is 32.2. The topological polar surface area (TPSA) is 222 Å². The molecule has 0 bridgehead atoms. The summed E-state index contributed by atoms with van der Waals surface area (Å²) >= 11 is 0. The van der Waals surface area contributed by atoms with E-state index in [9.17, 15) is 31.2 Å². The second-order valence-corrected chi connectivity index (χ2v) is 23.7. The van der Waals surface area contributed by atoms with Crippen molar-refractivity contribution in [2.45, 2.75) is 114 Å². The van der Waals surface area contributed by atoms with Crippen molar-refractivity contribution in [3.63, 3.8) is 0 Å². The molecule has 0 unspecified atom stereocenters. The van der Waals surface area contributed by atoms with E-state index in [0.29, 0.717) is 45.1 Å². The molecule has 0 saturated carbocycles. The number of alkyl carbamates (subject to hydrolysis) is 1. The number of sulfonamides is 2. The molecule has 6 rings (SSSR count). The number of benzene rings is 4. The third-order valence-corrected chi connectivity index (χ3v) is 17.1. The van der Waals surface area contributed by atoms with Gasteiger partial charge in [0.1, 0.15) is 17.1 Å². The van der Waals surface area contributed by atoms with E-state index in [4.69, 9.17) is 19.9 Å². The Kier molecular flexibility index (Phi) is 20.1. The lowest BCUT2D eigenvalue weighted by Gasteiger charge is -2.34. The molecule has 0 aliphatic carbocycles. The predicted molar refractivity (Wildman–Crippen MR) is 288 cm³/mol. The third kappa shape index (κ3) is 16.3. The fraction of sp³-hybridized carbons (Fsp3) is 0.491. The Bertz CT molecular complexity index is 2710. The number of carbonyl (C=O) groups excluding carboxylic acids is 3. The van der Waals surface area contributed by atoms with Crippen LogP contribution in [0.2, 0.25) is 0 Å². The van der Waals surface area contributed by atoms with E-state index in [0.717, 1.165) is 63.2 Å². The van der Waals surface area contributed by atoms with Gasteiger partial charge in [-0.05, 0) is 169 Å². The summed E-state index contributed by atoms with van der Waals surface area (Å²) < 4.78 is 70.8. The van der Waals surface area contributed by atoms with Crippen molar-refractivity contribution in [3.05, 3.63) is 95.1 Å². The van der Waals surface area contributed by atoms with Gasteiger partial charge in [0.25, 0.3) is 0 Å². The lowest BCUT2D eigenvalue weighted by atomic mass is 10.0. The number of ether oxygens (including phenoxy) is 3. The Morgan fingerprint density at radius 2 is 0.959 bits per heavy atom. The molecule has 0 radical (unpaired) electrons. The molecule has 2 heterocycles. The fourth-order valence-corrected chi connectivity index (χ4v) is 12.0. The number of hydrogen-bond donors (Lipinski definition) is 4. The monoisotopic (exact) mass is 1050 g/mol. The number of methoxy groups -OCH3 is 2. The molecule has 0 aromatic heterocycles. The molecular formula is C53H76N8O10S2. The highest BCUT2D eigenvalue weighted by Gasteiger charge is 2.28. The summed E-state index contributed by atoms with van der Waals surface area (Å²) in [6.45, 7) is 16.0. The molecule has 20 heteroatoms. The van der Waals surface area contributed by atoms with Crippen molar-refractivity contribution in [1.29, 1.82) is 0 Å². The van der Waals surface area contributed by atoms with Gasteiger partial charge in [-0.25, -0.2) is 30.2 Å². The van der Waals surface area contributed by atoms with Crippen LogP contribution < -0.4 is 41.0 Å². The third-order valence-electron chi connectivity index (χ3n) is 12.8. The zero-order chi connectivity index (χ0) is 53.8. The zero-order valence-corrected chi connectivity index (χ0v) is 46.0. The van der Waals surface area contributed by atoms with E-state index in [1.165, 1.54) is 29.8 Å². The van der Waals surface area contributed by atoms with Crippen LogP contribution in [0, 0.1) is 27.7 Å². The second kappa shape index (κ2) is 25.3. The Morgan fingerprint density at radius 1 is 0.616 bits per heavy atom. The van der Waals surface area contributed by atoms with E-state index in [1.807, 2.05) is 69.3 Å². The smallest absolute Gasteiger partial charge is 0.407 e. The summed E-state index contributed by atoms with van der Waals surface area (Å²) in [5, 5.41) is 8.64. The Labute approximate surface area is 433 Å². The van der Waals surface area contributed by atoms with Crippen LogP contribution in [0.25, 0.3) is 0 Å². The lowest BCUT2D eigenvalue weighted by Crippen LogP contribution is -2.46. The predicted octanol–water partition coefficient (Wildman–Crippen LogP) is 7.34.